The topological polar surface area (TPSA) is 73.9 Å². The second-order valence-electron chi connectivity index (χ2n) is 8.71. The van der Waals surface area contributed by atoms with E-state index in [-0.39, 0.29) is 6.04 Å². The number of nitrogens with one attached hydrogen (secondary N) is 2. The van der Waals surface area contributed by atoms with Crippen LogP contribution in [0.5, 0.6) is 0 Å². The van der Waals surface area contributed by atoms with Crippen molar-refractivity contribution in [2.45, 2.75) is 25.8 Å². The predicted molar refractivity (Wildman–Crippen MR) is 131 cm³/mol. The van der Waals surface area contributed by atoms with Gasteiger partial charge in [0.05, 0.1) is 19.3 Å². The maximum atomic E-state index is 12.6. The molecule has 1 saturated heterocycles. The Bertz CT molecular complexity index is 1020. The van der Waals surface area contributed by atoms with Crippen molar-refractivity contribution in [3.05, 3.63) is 58.1 Å². The van der Waals surface area contributed by atoms with E-state index < -0.39 is 11.8 Å². The van der Waals surface area contributed by atoms with E-state index in [1.54, 1.807) is 18.2 Å². The van der Waals surface area contributed by atoms with Crippen LogP contribution in [0.15, 0.2) is 36.4 Å². The Balaban J connectivity index is 1.46. The fourth-order valence-corrected chi connectivity index (χ4v) is 4.67. The summed E-state index contributed by atoms with van der Waals surface area (Å²) in [5.74, 6) is -1.37. The highest BCUT2D eigenvalue weighted by molar-refractivity contribution is 6.39. The highest BCUT2D eigenvalue weighted by atomic mass is 35.5. The van der Waals surface area contributed by atoms with Crippen LogP contribution in [0.3, 0.4) is 0 Å². The molecule has 7 nitrogen and oxygen atoms in total. The molecule has 0 radical (unpaired) electrons. The Morgan fingerprint density at radius 1 is 1.09 bits per heavy atom. The van der Waals surface area contributed by atoms with E-state index in [1.165, 1.54) is 11.3 Å². The van der Waals surface area contributed by atoms with E-state index in [1.807, 2.05) is 6.92 Å². The molecule has 2 heterocycles. The van der Waals surface area contributed by atoms with Crippen molar-refractivity contribution in [2.75, 3.05) is 56.7 Å². The van der Waals surface area contributed by atoms with Crippen LogP contribution in [0.1, 0.15) is 29.2 Å². The summed E-state index contributed by atoms with van der Waals surface area (Å²) >= 11 is 6.12. The quantitative estimate of drug-likeness (QED) is 0.657. The molecule has 1 unspecified atom stereocenters. The molecule has 2 aromatic carbocycles. The minimum atomic E-state index is -0.706. The van der Waals surface area contributed by atoms with Gasteiger partial charge in [-0.25, -0.2) is 0 Å². The van der Waals surface area contributed by atoms with Crippen LogP contribution in [-0.2, 0) is 20.7 Å². The molecule has 1 fully saturated rings. The average molecular weight is 471 g/mol. The summed E-state index contributed by atoms with van der Waals surface area (Å²) in [7, 11) is 2.12. The van der Waals surface area contributed by atoms with Crippen LogP contribution in [0.2, 0.25) is 5.02 Å². The zero-order valence-electron chi connectivity index (χ0n) is 19.2. The highest BCUT2D eigenvalue weighted by Crippen LogP contribution is 2.31. The Labute approximate surface area is 200 Å². The van der Waals surface area contributed by atoms with Crippen molar-refractivity contribution in [3.63, 3.8) is 0 Å². The predicted octanol–water partition coefficient (Wildman–Crippen LogP) is 3.16. The molecule has 1 atom stereocenters. The maximum absolute atomic E-state index is 12.6. The van der Waals surface area contributed by atoms with Crippen LogP contribution >= 0.6 is 11.6 Å². The Kier molecular flexibility index (Phi) is 7.53. The summed E-state index contributed by atoms with van der Waals surface area (Å²) in [5.41, 5.74) is 5.15. The smallest absolute Gasteiger partial charge is 0.313 e. The van der Waals surface area contributed by atoms with Gasteiger partial charge in [0.2, 0.25) is 0 Å². The monoisotopic (exact) mass is 470 g/mol. The number of benzene rings is 2. The average Bonchev–Trinajstić information content (AvgIpc) is 2.82. The van der Waals surface area contributed by atoms with Crippen molar-refractivity contribution < 1.29 is 14.3 Å². The Hall–Kier alpha value is -2.61. The number of nitrogens with zero attached hydrogens (tertiary/aromatic N) is 2. The fraction of sp³-hybridized carbons (Fsp3) is 0.440. The number of halogens is 1. The Morgan fingerprint density at radius 2 is 1.88 bits per heavy atom. The third kappa shape index (κ3) is 5.66. The number of rotatable bonds is 5. The summed E-state index contributed by atoms with van der Waals surface area (Å²) in [4.78, 5) is 29.6. The zero-order chi connectivity index (χ0) is 23.4. The van der Waals surface area contributed by atoms with Crippen molar-refractivity contribution in [3.8, 4) is 0 Å². The van der Waals surface area contributed by atoms with Gasteiger partial charge in [0.15, 0.2) is 0 Å². The standard InChI is InChI=1S/C25H31ClN4O3/c1-17-5-7-20(15-21(17)26)28-25(32)24(31)27-16-23(30-10-12-33-13-11-30)19-6-8-22-18(14-19)4-3-9-29(22)2/h5-8,14-15,23H,3-4,9-13,16H2,1-2H3,(H,27,31)(H,28,32). The molecule has 4 rings (SSSR count). The second kappa shape index (κ2) is 10.5. The minimum Gasteiger partial charge on any atom is -0.379 e. The second-order valence-corrected chi connectivity index (χ2v) is 9.11. The zero-order valence-corrected chi connectivity index (χ0v) is 20.0. The first-order valence-corrected chi connectivity index (χ1v) is 11.8. The molecule has 2 amide bonds. The van der Waals surface area contributed by atoms with E-state index in [4.69, 9.17) is 16.3 Å². The largest absolute Gasteiger partial charge is 0.379 e. The Morgan fingerprint density at radius 3 is 2.64 bits per heavy atom. The number of hydrogen-bond donors (Lipinski definition) is 2. The number of aryl methyl sites for hydroxylation is 2. The van der Waals surface area contributed by atoms with Gasteiger partial charge in [0, 0.05) is 49.6 Å². The van der Waals surface area contributed by atoms with Gasteiger partial charge in [-0.3, -0.25) is 14.5 Å². The molecule has 2 aliphatic rings. The lowest BCUT2D eigenvalue weighted by molar-refractivity contribution is -0.136. The van der Waals surface area contributed by atoms with Crippen LogP contribution in [0.25, 0.3) is 0 Å². The van der Waals surface area contributed by atoms with E-state index in [9.17, 15) is 9.59 Å². The number of anilines is 2. The first-order valence-electron chi connectivity index (χ1n) is 11.4. The highest BCUT2D eigenvalue weighted by Gasteiger charge is 2.26. The van der Waals surface area contributed by atoms with Crippen LogP contribution in [-0.4, -0.2) is 63.2 Å². The van der Waals surface area contributed by atoms with Gasteiger partial charge >= 0.3 is 11.8 Å². The molecule has 2 aromatic rings. The van der Waals surface area contributed by atoms with E-state index >= 15 is 0 Å². The number of carbonyl (C=O) groups is 2. The van der Waals surface area contributed by atoms with Gasteiger partial charge in [-0.1, -0.05) is 29.8 Å². The molecule has 2 N–H and O–H groups in total. The summed E-state index contributed by atoms with van der Waals surface area (Å²) in [6.45, 7) is 6.17. The molecular formula is C25H31ClN4O3. The molecule has 0 spiro atoms. The number of fused-ring (bicyclic) bond motifs is 1. The van der Waals surface area contributed by atoms with E-state index in [0.717, 1.165) is 43.6 Å². The number of morpholine rings is 1. The molecule has 8 heteroatoms. The minimum absolute atomic E-state index is 0.0306. The summed E-state index contributed by atoms with van der Waals surface area (Å²) in [5, 5.41) is 6.00. The number of ether oxygens (including phenoxy) is 1. The van der Waals surface area contributed by atoms with Gasteiger partial charge in [0.25, 0.3) is 0 Å². The molecule has 0 bridgehead atoms. The summed E-state index contributed by atoms with van der Waals surface area (Å²) in [6, 6.07) is 11.7. The third-order valence-corrected chi connectivity index (χ3v) is 6.82. The number of carbonyl (C=O) groups excluding carboxylic acids is 2. The lowest BCUT2D eigenvalue weighted by Gasteiger charge is -2.36. The van der Waals surface area contributed by atoms with E-state index in [0.29, 0.717) is 30.5 Å². The SMILES string of the molecule is Cc1ccc(NC(=O)C(=O)NCC(c2ccc3c(c2)CCCN3C)N2CCOCC2)cc1Cl. The lowest BCUT2D eigenvalue weighted by atomic mass is 9.95. The van der Waals surface area contributed by atoms with Crippen LogP contribution < -0.4 is 15.5 Å². The van der Waals surface area contributed by atoms with Crippen molar-refractivity contribution in [1.29, 1.82) is 0 Å². The number of amides is 2. The fourth-order valence-electron chi connectivity index (χ4n) is 4.49. The molecule has 0 aliphatic carbocycles. The van der Waals surface area contributed by atoms with Gasteiger partial charge in [0.1, 0.15) is 0 Å². The summed E-state index contributed by atoms with van der Waals surface area (Å²) < 4.78 is 5.53. The first-order chi connectivity index (χ1) is 15.9. The summed E-state index contributed by atoms with van der Waals surface area (Å²) in [6.07, 6.45) is 2.19. The van der Waals surface area contributed by atoms with Gasteiger partial charge in [-0.2, -0.15) is 0 Å². The first kappa shape index (κ1) is 23.5. The van der Waals surface area contributed by atoms with E-state index in [2.05, 4.69) is 45.7 Å². The molecule has 0 aromatic heterocycles. The van der Waals surface area contributed by atoms with Crippen molar-refractivity contribution >= 4 is 34.8 Å². The van der Waals surface area contributed by atoms with Gasteiger partial charge in [-0.15, -0.1) is 0 Å². The van der Waals surface area contributed by atoms with Crippen molar-refractivity contribution in [1.82, 2.24) is 10.2 Å². The van der Waals surface area contributed by atoms with Crippen LogP contribution in [0, 0.1) is 6.92 Å². The third-order valence-electron chi connectivity index (χ3n) is 6.42. The molecular weight excluding hydrogens is 440 g/mol. The normalized spacial score (nSPS) is 17.2. The van der Waals surface area contributed by atoms with Gasteiger partial charge < -0.3 is 20.3 Å². The van der Waals surface area contributed by atoms with Crippen LogP contribution in [0.4, 0.5) is 11.4 Å². The molecule has 2 aliphatic heterocycles. The number of hydrogen-bond acceptors (Lipinski definition) is 5. The van der Waals surface area contributed by atoms with Crippen molar-refractivity contribution in [2.24, 2.45) is 0 Å². The van der Waals surface area contributed by atoms with Gasteiger partial charge in [-0.05, 0) is 54.7 Å². The molecule has 0 saturated carbocycles. The lowest BCUT2D eigenvalue weighted by Crippen LogP contribution is -2.45. The molecule has 33 heavy (non-hydrogen) atoms. The maximum Gasteiger partial charge on any atom is 0.313 e. The molecule has 176 valence electrons.